The summed E-state index contributed by atoms with van der Waals surface area (Å²) in [6.07, 6.45) is 4.97. The molecular weight excluding hydrogens is 358 g/mol. The van der Waals surface area contributed by atoms with Gasteiger partial charge < -0.3 is 16.4 Å². The van der Waals surface area contributed by atoms with E-state index in [2.05, 4.69) is 39.7 Å². The molecule has 0 aliphatic heterocycles. The summed E-state index contributed by atoms with van der Waals surface area (Å²) in [6.45, 7) is 4.14. The number of aromatic nitrogens is 2. The van der Waals surface area contributed by atoms with Gasteiger partial charge in [-0.05, 0) is 55.2 Å². The Hall–Kier alpha value is -2.79. The van der Waals surface area contributed by atoms with Crippen LogP contribution < -0.4 is 16.4 Å². The van der Waals surface area contributed by atoms with Gasteiger partial charge in [0.2, 0.25) is 0 Å². The normalized spacial score (nSPS) is 10.6. The number of benzene rings is 2. The van der Waals surface area contributed by atoms with E-state index >= 15 is 0 Å². The topological polar surface area (TPSA) is 75.9 Å². The molecule has 1 aromatic heterocycles. The van der Waals surface area contributed by atoms with Gasteiger partial charge in [0.05, 0.1) is 0 Å². The van der Waals surface area contributed by atoms with Gasteiger partial charge in [0.1, 0.15) is 12.0 Å². The van der Waals surface area contributed by atoms with Gasteiger partial charge in [-0.25, -0.2) is 9.97 Å². The van der Waals surface area contributed by atoms with Crippen LogP contribution in [-0.4, -0.2) is 9.97 Å². The van der Waals surface area contributed by atoms with Gasteiger partial charge in [0, 0.05) is 16.4 Å². The van der Waals surface area contributed by atoms with Crippen molar-refractivity contribution in [3.05, 3.63) is 64.9 Å². The molecule has 0 fully saturated rings. The van der Waals surface area contributed by atoms with Crippen LogP contribution in [0, 0.1) is 6.92 Å². The molecule has 0 bridgehead atoms. The minimum atomic E-state index is 0.451. The molecule has 5 nitrogen and oxygen atoms in total. The number of hydrogen-bond acceptors (Lipinski definition) is 5. The van der Waals surface area contributed by atoms with Crippen LogP contribution in [-0.2, 0) is 6.42 Å². The first-order chi connectivity index (χ1) is 13.1. The van der Waals surface area contributed by atoms with Crippen molar-refractivity contribution in [2.24, 2.45) is 0 Å². The Balaban J connectivity index is 1.77. The third-order valence-electron chi connectivity index (χ3n) is 4.44. The van der Waals surface area contributed by atoms with Crippen LogP contribution in [0.15, 0.2) is 48.8 Å². The fourth-order valence-corrected chi connectivity index (χ4v) is 2.91. The number of hydrogen-bond donors (Lipinski definition) is 3. The minimum Gasteiger partial charge on any atom is -0.393 e. The van der Waals surface area contributed by atoms with E-state index in [0.717, 1.165) is 23.4 Å². The van der Waals surface area contributed by atoms with Crippen LogP contribution in [0.2, 0.25) is 5.02 Å². The van der Waals surface area contributed by atoms with Gasteiger partial charge in [-0.1, -0.05) is 43.1 Å². The fraction of sp³-hybridized carbons (Fsp3) is 0.238. The van der Waals surface area contributed by atoms with Crippen molar-refractivity contribution < 1.29 is 0 Å². The number of aryl methyl sites for hydroxylation is 1. The average molecular weight is 382 g/mol. The molecule has 0 aliphatic carbocycles. The summed E-state index contributed by atoms with van der Waals surface area (Å²) in [5.41, 5.74) is 10.8. The van der Waals surface area contributed by atoms with Crippen LogP contribution in [0.4, 0.5) is 28.7 Å². The lowest BCUT2D eigenvalue weighted by Crippen LogP contribution is -2.06. The van der Waals surface area contributed by atoms with Crippen LogP contribution in [0.1, 0.15) is 30.9 Å². The lowest BCUT2D eigenvalue weighted by Gasteiger charge is -2.14. The molecule has 0 amide bonds. The van der Waals surface area contributed by atoms with Crippen molar-refractivity contribution in [3.8, 4) is 0 Å². The highest BCUT2D eigenvalue weighted by Crippen LogP contribution is 2.31. The van der Waals surface area contributed by atoms with Gasteiger partial charge in [0.15, 0.2) is 11.6 Å². The molecule has 3 rings (SSSR count). The molecule has 0 atom stereocenters. The van der Waals surface area contributed by atoms with Crippen molar-refractivity contribution in [3.63, 3.8) is 0 Å². The summed E-state index contributed by atoms with van der Waals surface area (Å²) < 4.78 is 0. The van der Waals surface area contributed by atoms with E-state index in [4.69, 9.17) is 17.3 Å². The highest BCUT2D eigenvalue weighted by atomic mass is 35.5. The number of nitrogen functional groups attached to an aromatic ring is 1. The van der Waals surface area contributed by atoms with E-state index in [0.29, 0.717) is 22.3 Å². The largest absolute Gasteiger partial charge is 0.393 e. The van der Waals surface area contributed by atoms with E-state index in [-0.39, 0.29) is 0 Å². The molecular formula is C21H24ClN5. The summed E-state index contributed by atoms with van der Waals surface area (Å²) in [5.74, 6) is 1.10. The van der Waals surface area contributed by atoms with Gasteiger partial charge >= 0.3 is 0 Å². The van der Waals surface area contributed by atoms with Gasteiger partial charge in [-0.2, -0.15) is 0 Å². The van der Waals surface area contributed by atoms with Gasteiger partial charge in [-0.15, -0.1) is 0 Å². The second kappa shape index (κ2) is 8.73. The minimum absolute atomic E-state index is 0.451. The smallest absolute Gasteiger partial charge is 0.159 e. The highest BCUT2D eigenvalue weighted by Gasteiger charge is 2.10. The quantitative estimate of drug-likeness (QED) is 0.478. The number of nitrogens with zero attached hydrogens (tertiary/aromatic N) is 2. The van der Waals surface area contributed by atoms with Crippen molar-refractivity contribution >= 4 is 40.3 Å². The number of anilines is 5. The zero-order valence-electron chi connectivity index (χ0n) is 15.6. The second-order valence-electron chi connectivity index (χ2n) is 6.45. The first-order valence-corrected chi connectivity index (χ1v) is 9.45. The highest BCUT2D eigenvalue weighted by molar-refractivity contribution is 6.31. The zero-order valence-corrected chi connectivity index (χ0v) is 16.3. The van der Waals surface area contributed by atoms with Gasteiger partial charge in [0.25, 0.3) is 0 Å². The first kappa shape index (κ1) is 19.0. The van der Waals surface area contributed by atoms with Crippen LogP contribution >= 0.6 is 11.6 Å². The van der Waals surface area contributed by atoms with E-state index in [1.807, 2.05) is 37.3 Å². The van der Waals surface area contributed by atoms with E-state index in [9.17, 15) is 0 Å². The molecule has 1 heterocycles. The van der Waals surface area contributed by atoms with Gasteiger partial charge in [-0.3, -0.25) is 0 Å². The maximum absolute atomic E-state index is 6.28. The summed E-state index contributed by atoms with van der Waals surface area (Å²) in [5, 5.41) is 7.19. The molecule has 3 aromatic rings. The Bertz CT molecular complexity index is 909. The van der Waals surface area contributed by atoms with E-state index < -0.39 is 0 Å². The molecule has 6 heteroatoms. The molecule has 4 N–H and O–H groups in total. The summed E-state index contributed by atoms with van der Waals surface area (Å²) in [4.78, 5) is 8.54. The van der Waals surface area contributed by atoms with Crippen molar-refractivity contribution in [2.75, 3.05) is 16.4 Å². The summed E-state index contributed by atoms with van der Waals surface area (Å²) in [6, 6.07) is 14.0. The molecule has 2 aromatic carbocycles. The standard InChI is InChI=1S/C21H24ClN5/c1-3-4-6-15-9-11-16(12-10-15)26-20-19(23)21(25-13-24-20)27-18-8-5-7-17(22)14(18)2/h5,7-13H,3-4,6,23H2,1-2H3,(H2,24,25,26,27). The molecule has 140 valence electrons. The van der Waals surface area contributed by atoms with Crippen LogP contribution in [0.25, 0.3) is 0 Å². The first-order valence-electron chi connectivity index (χ1n) is 9.07. The third kappa shape index (κ3) is 4.68. The lowest BCUT2D eigenvalue weighted by molar-refractivity contribution is 0.795. The number of rotatable bonds is 7. The molecule has 27 heavy (non-hydrogen) atoms. The predicted octanol–water partition coefficient (Wildman–Crippen LogP) is 5.85. The lowest BCUT2D eigenvalue weighted by atomic mass is 10.1. The van der Waals surface area contributed by atoms with Crippen molar-refractivity contribution in [2.45, 2.75) is 33.1 Å². The Kier molecular flexibility index (Phi) is 6.14. The monoisotopic (exact) mass is 381 g/mol. The molecule has 0 saturated carbocycles. The number of halogens is 1. The molecule has 0 saturated heterocycles. The number of unbranched alkanes of at least 4 members (excludes halogenated alkanes) is 1. The summed E-state index contributed by atoms with van der Waals surface area (Å²) >= 11 is 6.19. The van der Waals surface area contributed by atoms with Crippen molar-refractivity contribution in [1.82, 2.24) is 9.97 Å². The Morgan fingerprint density at radius 2 is 1.70 bits per heavy atom. The predicted molar refractivity (Wildman–Crippen MR) is 114 cm³/mol. The molecule has 0 radical (unpaired) electrons. The Morgan fingerprint density at radius 3 is 2.41 bits per heavy atom. The van der Waals surface area contributed by atoms with Crippen molar-refractivity contribution in [1.29, 1.82) is 0 Å². The van der Waals surface area contributed by atoms with E-state index in [1.54, 1.807) is 0 Å². The SMILES string of the molecule is CCCCc1ccc(Nc2ncnc(Nc3cccc(Cl)c3C)c2N)cc1. The third-order valence-corrected chi connectivity index (χ3v) is 4.85. The van der Waals surface area contributed by atoms with E-state index in [1.165, 1.54) is 24.7 Å². The molecule has 0 aliphatic rings. The molecule has 0 unspecified atom stereocenters. The Morgan fingerprint density at radius 1 is 1.00 bits per heavy atom. The number of nitrogens with two attached hydrogens (primary N) is 1. The zero-order chi connectivity index (χ0) is 19.2. The fourth-order valence-electron chi connectivity index (χ4n) is 2.74. The maximum atomic E-state index is 6.28. The molecule has 0 spiro atoms. The average Bonchev–Trinajstić information content (AvgIpc) is 2.68. The van der Waals surface area contributed by atoms with Crippen LogP contribution in [0.3, 0.4) is 0 Å². The number of nitrogens with one attached hydrogen (secondary N) is 2. The maximum Gasteiger partial charge on any atom is 0.159 e. The Labute approximate surface area is 165 Å². The second-order valence-corrected chi connectivity index (χ2v) is 6.85. The summed E-state index contributed by atoms with van der Waals surface area (Å²) in [7, 11) is 0. The van der Waals surface area contributed by atoms with Crippen LogP contribution in [0.5, 0.6) is 0 Å².